The Bertz CT molecular complexity index is 702. The average molecular weight is 256 g/mol. The van der Waals surface area contributed by atoms with Crippen molar-refractivity contribution in [3.63, 3.8) is 0 Å². The van der Waals surface area contributed by atoms with Gasteiger partial charge in [0.1, 0.15) is 0 Å². The molecule has 3 heterocycles. The summed E-state index contributed by atoms with van der Waals surface area (Å²) in [5, 5.41) is 13.0. The number of hydrogen-bond donors (Lipinski definition) is 1. The van der Waals surface area contributed by atoms with Gasteiger partial charge in [0.2, 0.25) is 6.54 Å². The van der Waals surface area contributed by atoms with Gasteiger partial charge in [0.15, 0.2) is 18.2 Å². The van der Waals surface area contributed by atoms with Crippen LogP contribution in [0, 0.1) is 0 Å². The lowest BCUT2D eigenvalue weighted by molar-refractivity contribution is -0.685. The van der Waals surface area contributed by atoms with Gasteiger partial charge in [-0.2, -0.15) is 9.55 Å². The molecule has 0 aliphatic heterocycles. The summed E-state index contributed by atoms with van der Waals surface area (Å²) in [5.74, 6) is 0.203. The number of aromatic nitrogens is 5. The summed E-state index contributed by atoms with van der Waals surface area (Å²) < 4.78 is 3.16. The maximum absolute atomic E-state index is 10.6. The van der Waals surface area contributed by atoms with Crippen LogP contribution in [-0.2, 0) is 11.3 Å². The third-order valence-electron chi connectivity index (χ3n) is 2.58. The molecule has 3 aromatic rings. The minimum Gasteiger partial charge on any atom is -0.477 e. The van der Waals surface area contributed by atoms with Crippen molar-refractivity contribution in [2.45, 2.75) is 6.54 Å². The number of fused-ring (bicyclic) bond motifs is 1. The molecular weight excluding hydrogens is 246 g/mol. The van der Waals surface area contributed by atoms with Gasteiger partial charge in [-0.1, -0.05) is 0 Å². The number of carbonyl (C=O) groups is 1. The van der Waals surface area contributed by atoms with Gasteiger partial charge in [-0.3, -0.25) is 0 Å². The Kier molecular flexibility index (Phi) is 2.64. The van der Waals surface area contributed by atoms with Gasteiger partial charge in [-0.25, -0.2) is 14.3 Å². The van der Waals surface area contributed by atoms with Gasteiger partial charge in [0.25, 0.3) is 5.78 Å². The van der Waals surface area contributed by atoms with Crippen LogP contribution in [-0.4, -0.2) is 30.7 Å². The number of carboxylic acids is 1. The number of hydrogen-bond acceptors (Lipinski definition) is 4. The van der Waals surface area contributed by atoms with Crippen molar-refractivity contribution >= 4 is 11.7 Å². The van der Waals surface area contributed by atoms with E-state index in [1.807, 2.05) is 0 Å². The summed E-state index contributed by atoms with van der Waals surface area (Å²) >= 11 is 0. The molecule has 0 unspecified atom stereocenters. The van der Waals surface area contributed by atoms with Gasteiger partial charge in [-0.15, -0.1) is 5.10 Å². The Balaban J connectivity index is 1.95. The minimum absolute atomic E-state index is 0.0690. The minimum atomic E-state index is -0.882. The van der Waals surface area contributed by atoms with Crippen molar-refractivity contribution in [1.29, 1.82) is 0 Å². The Hall–Kier alpha value is -2.83. The molecule has 94 valence electrons. The molecule has 0 saturated heterocycles. The van der Waals surface area contributed by atoms with E-state index < -0.39 is 5.97 Å². The van der Waals surface area contributed by atoms with E-state index in [2.05, 4.69) is 15.1 Å². The van der Waals surface area contributed by atoms with E-state index in [-0.39, 0.29) is 6.54 Å². The van der Waals surface area contributed by atoms with Gasteiger partial charge in [0.05, 0.1) is 0 Å². The fraction of sp³-hybridized carbons (Fsp3) is 0.0833. The fourth-order valence-corrected chi connectivity index (χ4v) is 1.72. The van der Waals surface area contributed by atoms with E-state index in [0.717, 1.165) is 5.56 Å². The quantitative estimate of drug-likeness (QED) is 0.675. The van der Waals surface area contributed by atoms with Crippen molar-refractivity contribution in [3.8, 4) is 11.4 Å². The molecule has 0 bridgehead atoms. The molecule has 1 N–H and O–H groups in total. The zero-order valence-corrected chi connectivity index (χ0v) is 9.84. The van der Waals surface area contributed by atoms with Crippen LogP contribution in [0.25, 0.3) is 17.2 Å². The molecule has 7 nitrogen and oxygen atoms in total. The van der Waals surface area contributed by atoms with Crippen LogP contribution >= 0.6 is 0 Å². The summed E-state index contributed by atoms with van der Waals surface area (Å²) in [6, 6.07) is 5.33. The lowest BCUT2D eigenvalue weighted by Gasteiger charge is -1.94. The topological polar surface area (TPSA) is 84.3 Å². The molecule has 0 amide bonds. The number of carboxylic acid groups (broad SMARTS) is 1. The maximum Gasteiger partial charge on any atom is 0.370 e. The Labute approximate surface area is 107 Å². The monoisotopic (exact) mass is 256 g/mol. The molecule has 0 saturated carbocycles. The number of aliphatic carboxylic acids is 1. The Morgan fingerprint density at radius 2 is 2.16 bits per heavy atom. The van der Waals surface area contributed by atoms with Crippen molar-refractivity contribution in [1.82, 2.24) is 19.6 Å². The van der Waals surface area contributed by atoms with Gasteiger partial charge < -0.3 is 5.11 Å². The SMILES string of the molecule is O=C(O)C[n+]1ccc(-c2nc3ncccn3n2)cc1. The number of rotatable bonds is 3. The van der Waals surface area contributed by atoms with E-state index in [1.54, 1.807) is 52.1 Å². The molecule has 0 radical (unpaired) electrons. The highest BCUT2D eigenvalue weighted by molar-refractivity contribution is 5.64. The zero-order valence-electron chi connectivity index (χ0n) is 9.84. The summed E-state index contributed by atoms with van der Waals surface area (Å²) in [7, 11) is 0. The van der Waals surface area contributed by atoms with Gasteiger partial charge >= 0.3 is 5.97 Å². The smallest absolute Gasteiger partial charge is 0.370 e. The van der Waals surface area contributed by atoms with E-state index in [9.17, 15) is 4.79 Å². The summed E-state index contributed by atoms with van der Waals surface area (Å²) in [6.07, 6.45) is 6.79. The molecule has 3 rings (SSSR count). The lowest BCUT2D eigenvalue weighted by Crippen LogP contribution is -2.36. The summed E-state index contributed by atoms with van der Waals surface area (Å²) in [5.41, 5.74) is 0.812. The van der Waals surface area contributed by atoms with E-state index in [4.69, 9.17) is 5.11 Å². The number of pyridine rings is 1. The highest BCUT2D eigenvalue weighted by Crippen LogP contribution is 2.13. The highest BCUT2D eigenvalue weighted by Gasteiger charge is 2.10. The van der Waals surface area contributed by atoms with Crippen molar-refractivity contribution in [2.24, 2.45) is 0 Å². The molecule has 0 spiro atoms. The van der Waals surface area contributed by atoms with Crippen molar-refractivity contribution in [2.75, 3.05) is 0 Å². The van der Waals surface area contributed by atoms with E-state index >= 15 is 0 Å². The first-order valence-electron chi connectivity index (χ1n) is 5.61. The molecule has 0 aliphatic rings. The molecule has 7 heteroatoms. The first-order chi connectivity index (χ1) is 9.22. The summed E-state index contributed by atoms with van der Waals surface area (Å²) in [6.45, 7) is -0.0690. The van der Waals surface area contributed by atoms with Crippen molar-refractivity contribution in [3.05, 3.63) is 43.0 Å². The lowest BCUT2D eigenvalue weighted by atomic mass is 10.2. The van der Waals surface area contributed by atoms with Crippen LogP contribution in [0.2, 0.25) is 0 Å². The van der Waals surface area contributed by atoms with Crippen LogP contribution in [0.4, 0.5) is 0 Å². The fourth-order valence-electron chi connectivity index (χ4n) is 1.72. The Morgan fingerprint density at radius 3 is 2.84 bits per heavy atom. The Morgan fingerprint density at radius 1 is 1.37 bits per heavy atom. The van der Waals surface area contributed by atoms with Crippen LogP contribution in [0.3, 0.4) is 0 Å². The molecular formula is C12H10N5O2+. The highest BCUT2D eigenvalue weighted by atomic mass is 16.4. The first kappa shape index (κ1) is 11.3. The van der Waals surface area contributed by atoms with Crippen LogP contribution in [0.15, 0.2) is 43.0 Å². The second-order valence-corrected chi connectivity index (χ2v) is 3.95. The van der Waals surface area contributed by atoms with Crippen molar-refractivity contribution < 1.29 is 14.5 Å². The van der Waals surface area contributed by atoms with Gasteiger partial charge in [-0.05, 0) is 6.07 Å². The normalized spacial score (nSPS) is 10.7. The first-order valence-corrected chi connectivity index (χ1v) is 5.61. The third kappa shape index (κ3) is 2.25. The molecule has 3 aromatic heterocycles. The standard InChI is InChI=1S/C12H9N5O2/c18-10(19)8-16-6-2-9(3-7-16)11-14-12-13-4-1-5-17(12)15-11/h1-7H,8H2/p+1. The van der Waals surface area contributed by atoms with Crippen LogP contribution < -0.4 is 4.57 Å². The number of nitrogens with zero attached hydrogens (tertiary/aromatic N) is 5. The maximum atomic E-state index is 10.6. The molecule has 0 aliphatic carbocycles. The van der Waals surface area contributed by atoms with E-state index in [0.29, 0.717) is 11.6 Å². The molecule has 0 fully saturated rings. The molecule has 0 atom stereocenters. The van der Waals surface area contributed by atoms with Gasteiger partial charge in [0, 0.05) is 30.1 Å². The second-order valence-electron chi connectivity index (χ2n) is 3.95. The predicted octanol–water partition coefficient (Wildman–Crippen LogP) is 0.163. The molecule has 19 heavy (non-hydrogen) atoms. The van der Waals surface area contributed by atoms with E-state index in [1.165, 1.54) is 0 Å². The summed E-state index contributed by atoms with van der Waals surface area (Å²) in [4.78, 5) is 19.0. The largest absolute Gasteiger partial charge is 0.477 e. The van der Waals surface area contributed by atoms with Crippen LogP contribution in [0.5, 0.6) is 0 Å². The second kappa shape index (κ2) is 4.45. The third-order valence-corrected chi connectivity index (χ3v) is 2.58. The van der Waals surface area contributed by atoms with Crippen LogP contribution in [0.1, 0.15) is 0 Å². The zero-order chi connectivity index (χ0) is 13.2. The average Bonchev–Trinajstić information content (AvgIpc) is 2.82. The predicted molar refractivity (Wildman–Crippen MR) is 64.0 cm³/mol. The molecule has 0 aromatic carbocycles.